The normalized spacial score (nSPS) is 10.8. The van der Waals surface area contributed by atoms with Gasteiger partial charge in [-0.1, -0.05) is 23.9 Å². The Morgan fingerprint density at radius 3 is 2.71 bits per heavy atom. The molecule has 17 heavy (non-hydrogen) atoms. The number of hydrogen-bond acceptors (Lipinski definition) is 3. The largest absolute Gasteiger partial charge is 0.298 e. The molecule has 1 aromatic rings. The van der Waals surface area contributed by atoms with Crippen molar-refractivity contribution >= 4 is 29.2 Å². The molecule has 0 saturated heterocycles. The number of thioether (sulfide) groups is 1. The van der Waals surface area contributed by atoms with Crippen LogP contribution in [0.15, 0.2) is 18.2 Å². The Hall–Kier alpha value is -1.49. The maximum Gasteiger partial charge on any atom is 0.186 e. The zero-order valence-corrected chi connectivity index (χ0v) is 9.89. The Kier molecular flexibility index (Phi) is 5.03. The number of aldehydes is 1. The van der Waals surface area contributed by atoms with Crippen molar-refractivity contribution in [3.05, 3.63) is 41.0 Å². The van der Waals surface area contributed by atoms with Crippen LogP contribution in [0.3, 0.4) is 0 Å². The van der Waals surface area contributed by atoms with Crippen molar-refractivity contribution in [2.24, 2.45) is 0 Å². The van der Waals surface area contributed by atoms with Crippen molar-refractivity contribution in [3.8, 4) is 0 Å². The van der Waals surface area contributed by atoms with Gasteiger partial charge in [0.25, 0.3) is 0 Å². The molecule has 0 spiro atoms. The maximum absolute atomic E-state index is 13.5. The standard InChI is InChI=1S/C12H10F2O2S/c1-8(16)17-6-2-3-9-4-5-11(13)10(7-15)12(9)14/h2-5,7H,6H2,1H3. The van der Waals surface area contributed by atoms with Crippen molar-refractivity contribution in [2.75, 3.05) is 5.75 Å². The molecule has 0 unspecified atom stereocenters. The summed E-state index contributed by atoms with van der Waals surface area (Å²) in [5, 5.41) is -0.0391. The number of hydrogen-bond donors (Lipinski definition) is 0. The SMILES string of the molecule is CC(=O)SCC=Cc1ccc(F)c(C=O)c1F. The molecule has 0 saturated carbocycles. The van der Waals surface area contributed by atoms with Crippen LogP contribution in [0, 0.1) is 11.6 Å². The molecule has 90 valence electrons. The first-order valence-electron chi connectivity index (χ1n) is 4.79. The molecular weight excluding hydrogens is 246 g/mol. The second kappa shape index (κ2) is 6.30. The highest BCUT2D eigenvalue weighted by atomic mass is 32.2. The fraction of sp³-hybridized carbons (Fsp3) is 0.167. The summed E-state index contributed by atoms with van der Waals surface area (Å²) in [5.74, 6) is -1.36. The third-order valence-electron chi connectivity index (χ3n) is 1.95. The van der Waals surface area contributed by atoms with E-state index in [1.165, 1.54) is 19.1 Å². The zero-order chi connectivity index (χ0) is 12.8. The molecule has 0 fully saturated rings. The molecule has 0 aliphatic rings. The van der Waals surface area contributed by atoms with Gasteiger partial charge < -0.3 is 0 Å². The highest BCUT2D eigenvalue weighted by Crippen LogP contribution is 2.17. The average molecular weight is 256 g/mol. The third-order valence-corrected chi connectivity index (χ3v) is 2.72. The molecule has 0 bridgehead atoms. The van der Waals surface area contributed by atoms with Gasteiger partial charge in [-0.15, -0.1) is 0 Å². The van der Waals surface area contributed by atoms with Gasteiger partial charge in [-0.3, -0.25) is 9.59 Å². The van der Waals surface area contributed by atoms with Gasteiger partial charge in [0.05, 0.1) is 5.56 Å². The first-order chi connectivity index (χ1) is 8.06. The Labute approximate surface area is 102 Å². The molecule has 2 nitrogen and oxygen atoms in total. The lowest BCUT2D eigenvalue weighted by molar-refractivity contribution is -0.109. The minimum atomic E-state index is -0.885. The Bertz CT molecular complexity index is 470. The highest BCUT2D eigenvalue weighted by molar-refractivity contribution is 8.13. The van der Waals surface area contributed by atoms with Gasteiger partial charge in [0.2, 0.25) is 0 Å². The lowest BCUT2D eigenvalue weighted by atomic mass is 10.1. The molecule has 0 radical (unpaired) electrons. The van der Waals surface area contributed by atoms with E-state index in [9.17, 15) is 18.4 Å². The van der Waals surface area contributed by atoms with E-state index in [4.69, 9.17) is 0 Å². The van der Waals surface area contributed by atoms with E-state index in [1.807, 2.05) is 0 Å². The number of carbonyl (C=O) groups is 2. The van der Waals surface area contributed by atoms with E-state index in [1.54, 1.807) is 6.08 Å². The average Bonchev–Trinajstić information content (AvgIpc) is 2.27. The minimum absolute atomic E-state index is 0.0391. The molecular formula is C12H10F2O2S. The van der Waals surface area contributed by atoms with Gasteiger partial charge in [-0.05, 0) is 12.1 Å². The van der Waals surface area contributed by atoms with Gasteiger partial charge in [0, 0.05) is 18.2 Å². The van der Waals surface area contributed by atoms with E-state index in [0.29, 0.717) is 5.75 Å². The van der Waals surface area contributed by atoms with Crippen LogP contribution in [0.1, 0.15) is 22.8 Å². The van der Waals surface area contributed by atoms with E-state index < -0.39 is 17.2 Å². The summed E-state index contributed by atoms with van der Waals surface area (Å²) in [4.78, 5) is 21.1. The molecule has 0 aromatic heterocycles. The molecule has 0 atom stereocenters. The van der Waals surface area contributed by atoms with Crippen molar-refractivity contribution in [1.82, 2.24) is 0 Å². The summed E-state index contributed by atoms with van der Waals surface area (Å²) in [6, 6.07) is 2.28. The van der Waals surface area contributed by atoms with Crippen LogP contribution in [-0.2, 0) is 4.79 Å². The third kappa shape index (κ3) is 3.78. The summed E-state index contributed by atoms with van der Waals surface area (Å²) in [5.41, 5.74) is -0.455. The Morgan fingerprint density at radius 1 is 1.41 bits per heavy atom. The number of benzene rings is 1. The van der Waals surface area contributed by atoms with Crippen LogP contribution in [-0.4, -0.2) is 17.2 Å². The zero-order valence-electron chi connectivity index (χ0n) is 9.07. The molecule has 0 N–H and O–H groups in total. The van der Waals surface area contributed by atoms with E-state index in [-0.39, 0.29) is 17.0 Å². The van der Waals surface area contributed by atoms with Crippen LogP contribution in [0.4, 0.5) is 8.78 Å². The van der Waals surface area contributed by atoms with Crippen molar-refractivity contribution in [2.45, 2.75) is 6.92 Å². The summed E-state index contributed by atoms with van der Waals surface area (Å²) < 4.78 is 26.5. The highest BCUT2D eigenvalue weighted by Gasteiger charge is 2.10. The lowest BCUT2D eigenvalue weighted by Gasteiger charge is -2.01. The van der Waals surface area contributed by atoms with Crippen molar-refractivity contribution < 1.29 is 18.4 Å². The predicted molar refractivity (Wildman–Crippen MR) is 63.9 cm³/mol. The van der Waals surface area contributed by atoms with E-state index in [0.717, 1.165) is 17.8 Å². The summed E-state index contributed by atoms with van der Waals surface area (Å²) >= 11 is 1.08. The first-order valence-corrected chi connectivity index (χ1v) is 5.78. The van der Waals surface area contributed by atoms with E-state index in [2.05, 4.69) is 0 Å². The van der Waals surface area contributed by atoms with Gasteiger partial charge in [-0.2, -0.15) is 0 Å². The summed E-state index contributed by atoms with van der Waals surface area (Å²) in [6.45, 7) is 1.43. The Balaban J connectivity index is 2.85. The van der Waals surface area contributed by atoms with Crippen LogP contribution >= 0.6 is 11.8 Å². The van der Waals surface area contributed by atoms with Gasteiger partial charge in [-0.25, -0.2) is 8.78 Å². The smallest absolute Gasteiger partial charge is 0.186 e. The maximum atomic E-state index is 13.5. The summed E-state index contributed by atoms with van der Waals surface area (Å²) in [6.07, 6.45) is 3.14. The molecule has 0 aliphatic heterocycles. The predicted octanol–water partition coefficient (Wildman–Crippen LogP) is 3.07. The van der Waals surface area contributed by atoms with Gasteiger partial charge >= 0.3 is 0 Å². The fourth-order valence-corrected chi connectivity index (χ4v) is 1.59. The van der Waals surface area contributed by atoms with Crippen LogP contribution < -0.4 is 0 Å². The summed E-state index contributed by atoms with van der Waals surface area (Å²) in [7, 11) is 0. The van der Waals surface area contributed by atoms with Crippen LogP contribution in [0.2, 0.25) is 0 Å². The topological polar surface area (TPSA) is 34.1 Å². The number of carbonyl (C=O) groups excluding carboxylic acids is 2. The second-order valence-corrected chi connectivity index (χ2v) is 4.38. The fourth-order valence-electron chi connectivity index (χ4n) is 1.16. The van der Waals surface area contributed by atoms with Crippen molar-refractivity contribution in [1.29, 1.82) is 0 Å². The minimum Gasteiger partial charge on any atom is -0.298 e. The quantitative estimate of drug-likeness (QED) is 0.776. The number of rotatable bonds is 4. The second-order valence-electron chi connectivity index (χ2n) is 3.19. The molecule has 5 heteroatoms. The van der Waals surface area contributed by atoms with Crippen molar-refractivity contribution in [3.63, 3.8) is 0 Å². The molecule has 0 aliphatic carbocycles. The Morgan fingerprint density at radius 2 is 2.12 bits per heavy atom. The molecule has 0 heterocycles. The molecule has 1 aromatic carbocycles. The van der Waals surface area contributed by atoms with Crippen LogP contribution in [0.5, 0.6) is 0 Å². The van der Waals surface area contributed by atoms with Gasteiger partial charge in [0.1, 0.15) is 11.6 Å². The molecule has 1 rings (SSSR count). The van der Waals surface area contributed by atoms with Gasteiger partial charge in [0.15, 0.2) is 11.4 Å². The lowest BCUT2D eigenvalue weighted by Crippen LogP contribution is -1.96. The molecule has 0 amide bonds. The van der Waals surface area contributed by atoms with E-state index >= 15 is 0 Å². The first kappa shape index (κ1) is 13.6. The monoisotopic (exact) mass is 256 g/mol. The number of halogens is 2. The van der Waals surface area contributed by atoms with Crippen LogP contribution in [0.25, 0.3) is 6.08 Å².